The third-order valence-corrected chi connectivity index (χ3v) is 3.33. The van der Waals surface area contributed by atoms with Gasteiger partial charge in [0.2, 0.25) is 0 Å². The van der Waals surface area contributed by atoms with Crippen LogP contribution >= 0.6 is 11.6 Å². The molecule has 0 saturated carbocycles. The summed E-state index contributed by atoms with van der Waals surface area (Å²) in [6, 6.07) is 5.35. The van der Waals surface area contributed by atoms with E-state index in [1.54, 1.807) is 12.1 Å². The van der Waals surface area contributed by atoms with E-state index in [2.05, 4.69) is 0 Å². The van der Waals surface area contributed by atoms with E-state index in [1.165, 1.54) is 0 Å². The highest BCUT2D eigenvalue weighted by molar-refractivity contribution is 6.30. The van der Waals surface area contributed by atoms with Crippen LogP contribution in [0.3, 0.4) is 0 Å². The van der Waals surface area contributed by atoms with Crippen LogP contribution in [0.1, 0.15) is 19.4 Å². The number of halogens is 1. The highest BCUT2D eigenvalue weighted by Gasteiger charge is 2.37. The lowest BCUT2D eigenvalue weighted by atomic mass is 9.85. The minimum absolute atomic E-state index is 0.167. The quantitative estimate of drug-likeness (QED) is 0.883. The second-order valence-corrected chi connectivity index (χ2v) is 5.16. The number of aliphatic carboxylic acids is 1. The maximum Gasteiger partial charge on any atom is 0.310 e. The summed E-state index contributed by atoms with van der Waals surface area (Å²) in [5.41, 5.74) is 0.877. The lowest BCUT2D eigenvalue weighted by molar-refractivity contribution is -0.146. The zero-order valence-corrected chi connectivity index (χ0v) is 10.6. The lowest BCUT2D eigenvalue weighted by Crippen LogP contribution is -2.41. The van der Waals surface area contributed by atoms with Crippen molar-refractivity contribution < 1.29 is 14.6 Å². The fraction of sp³-hybridized carbons (Fsp3) is 0.462. The van der Waals surface area contributed by atoms with Crippen molar-refractivity contribution in [2.24, 2.45) is 11.8 Å². The highest BCUT2D eigenvalue weighted by atomic mass is 35.5. The molecule has 1 heterocycles. The fourth-order valence-electron chi connectivity index (χ4n) is 2.23. The van der Waals surface area contributed by atoms with Crippen LogP contribution in [0.25, 0.3) is 0 Å². The number of carboxylic acid groups (broad SMARTS) is 1. The van der Waals surface area contributed by atoms with E-state index in [-0.39, 0.29) is 12.0 Å². The van der Waals surface area contributed by atoms with Crippen LogP contribution in [-0.2, 0) is 11.2 Å². The van der Waals surface area contributed by atoms with Gasteiger partial charge in [0.15, 0.2) is 0 Å². The van der Waals surface area contributed by atoms with Crippen molar-refractivity contribution in [2.45, 2.75) is 26.4 Å². The van der Waals surface area contributed by atoms with Gasteiger partial charge in [0, 0.05) is 5.02 Å². The molecular formula is C13H15ClO3. The van der Waals surface area contributed by atoms with Crippen LogP contribution in [0.15, 0.2) is 18.2 Å². The molecule has 17 heavy (non-hydrogen) atoms. The molecule has 0 bridgehead atoms. The van der Waals surface area contributed by atoms with Gasteiger partial charge in [0.1, 0.15) is 11.9 Å². The van der Waals surface area contributed by atoms with E-state index < -0.39 is 11.9 Å². The first kappa shape index (κ1) is 12.2. The lowest BCUT2D eigenvalue weighted by Gasteiger charge is -2.33. The molecule has 2 unspecified atom stereocenters. The number of benzene rings is 1. The SMILES string of the molecule is CC(C)C1Oc2ccc(Cl)cc2CC1C(=O)O. The van der Waals surface area contributed by atoms with Crippen LogP contribution in [0.2, 0.25) is 5.02 Å². The van der Waals surface area contributed by atoms with E-state index in [9.17, 15) is 9.90 Å². The standard InChI is InChI=1S/C13H15ClO3/c1-7(2)12-10(13(15)16)6-8-5-9(14)3-4-11(8)17-12/h3-5,7,10,12H,6H2,1-2H3,(H,15,16). The third-order valence-electron chi connectivity index (χ3n) is 3.10. The molecule has 0 amide bonds. The van der Waals surface area contributed by atoms with E-state index in [0.29, 0.717) is 11.4 Å². The summed E-state index contributed by atoms with van der Waals surface area (Å²) in [6.07, 6.45) is 0.204. The highest BCUT2D eigenvalue weighted by Crippen LogP contribution is 2.35. The van der Waals surface area contributed by atoms with Crippen molar-refractivity contribution in [1.29, 1.82) is 0 Å². The van der Waals surface area contributed by atoms with Gasteiger partial charge in [-0.2, -0.15) is 0 Å². The molecule has 4 heteroatoms. The molecule has 3 nitrogen and oxygen atoms in total. The number of carboxylic acids is 1. The Hall–Kier alpha value is -1.22. The Kier molecular flexibility index (Phi) is 3.29. The number of rotatable bonds is 2. The number of ether oxygens (including phenoxy) is 1. The minimum Gasteiger partial charge on any atom is -0.489 e. The molecule has 1 aliphatic rings. The van der Waals surface area contributed by atoms with Crippen molar-refractivity contribution in [3.8, 4) is 5.75 Å². The number of hydrogen-bond acceptors (Lipinski definition) is 2. The van der Waals surface area contributed by atoms with Gasteiger partial charge in [-0.1, -0.05) is 25.4 Å². The van der Waals surface area contributed by atoms with Gasteiger partial charge >= 0.3 is 5.97 Å². The molecule has 1 aromatic rings. The molecule has 2 rings (SSSR count). The normalized spacial score (nSPS) is 23.1. The molecule has 0 saturated heterocycles. The Morgan fingerprint density at radius 3 is 2.82 bits per heavy atom. The molecule has 1 aliphatic heterocycles. The summed E-state index contributed by atoms with van der Waals surface area (Å²) >= 11 is 5.90. The number of carbonyl (C=O) groups is 1. The average Bonchev–Trinajstić information content (AvgIpc) is 2.26. The Bertz CT molecular complexity index is 442. The van der Waals surface area contributed by atoms with Gasteiger partial charge < -0.3 is 9.84 Å². The third kappa shape index (κ3) is 2.39. The molecule has 0 spiro atoms. The average molecular weight is 255 g/mol. The van der Waals surface area contributed by atoms with Crippen LogP contribution in [0.4, 0.5) is 0 Å². The van der Waals surface area contributed by atoms with Crippen molar-refractivity contribution in [1.82, 2.24) is 0 Å². The molecule has 1 N–H and O–H groups in total. The maximum absolute atomic E-state index is 11.3. The van der Waals surface area contributed by atoms with Crippen LogP contribution in [0, 0.1) is 11.8 Å². The van der Waals surface area contributed by atoms with E-state index in [4.69, 9.17) is 16.3 Å². The van der Waals surface area contributed by atoms with E-state index >= 15 is 0 Å². The first-order chi connectivity index (χ1) is 7.99. The Balaban J connectivity index is 2.36. The smallest absolute Gasteiger partial charge is 0.310 e. The summed E-state index contributed by atoms with van der Waals surface area (Å²) in [7, 11) is 0. The molecule has 92 valence electrons. The van der Waals surface area contributed by atoms with Crippen molar-refractivity contribution in [3.63, 3.8) is 0 Å². The Labute approximate surface area is 105 Å². The second kappa shape index (κ2) is 4.57. The summed E-state index contributed by atoms with van der Waals surface area (Å²) in [5, 5.41) is 9.85. The largest absolute Gasteiger partial charge is 0.489 e. The number of hydrogen-bond donors (Lipinski definition) is 1. The van der Waals surface area contributed by atoms with E-state index in [1.807, 2.05) is 19.9 Å². The molecule has 0 aromatic heterocycles. The molecule has 0 aliphatic carbocycles. The van der Waals surface area contributed by atoms with Gasteiger partial charge in [-0.05, 0) is 36.1 Å². The van der Waals surface area contributed by atoms with Crippen LogP contribution in [0.5, 0.6) is 5.75 Å². The zero-order chi connectivity index (χ0) is 12.6. The van der Waals surface area contributed by atoms with Gasteiger partial charge in [-0.3, -0.25) is 4.79 Å². The summed E-state index contributed by atoms with van der Waals surface area (Å²) in [5.74, 6) is -0.388. The van der Waals surface area contributed by atoms with Crippen molar-refractivity contribution >= 4 is 17.6 Å². The summed E-state index contributed by atoms with van der Waals surface area (Å²) in [4.78, 5) is 11.3. The van der Waals surface area contributed by atoms with Gasteiger partial charge in [0.25, 0.3) is 0 Å². The van der Waals surface area contributed by atoms with Crippen LogP contribution in [-0.4, -0.2) is 17.2 Å². The maximum atomic E-state index is 11.3. The van der Waals surface area contributed by atoms with Crippen molar-refractivity contribution in [3.05, 3.63) is 28.8 Å². The first-order valence-electron chi connectivity index (χ1n) is 5.67. The van der Waals surface area contributed by atoms with Crippen LogP contribution < -0.4 is 4.74 Å². The topological polar surface area (TPSA) is 46.5 Å². The predicted octanol–water partition coefficient (Wildman–Crippen LogP) is 3.00. The zero-order valence-electron chi connectivity index (χ0n) is 9.81. The monoisotopic (exact) mass is 254 g/mol. The van der Waals surface area contributed by atoms with E-state index in [0.717, 1.165) is 11.3 Å². The molecular weight excluding hydrogens is 240 g/mol. The fourth-order valence-corrected chi connectivity index (χ4v) is 2.43. The molecule has 2 atom stereocenters. The molecule has 1 aromatic carbocycles. The summed E-state index contributed by atoms with van der Waals surface area (Å²) in [6.45, 7) is 3.95. The Morgan fingerprint density at radius 2 is 2.24 bits per heavy atom. The second-order valence-electron chi connectivity index (χ2n) is 4.73. The minimum atomic E-state index is -0.811. The molecule has 0 radical (unpaired) electrons. The van der Waals surface area contributed by atoms with Gasteiger partial charge in [-0.25, -0.2) is 0 Å². The predicted molar refractivity (Wildman–Crippen MR) is 65.5 cm³/mol. The molecule has 0 fully saturated rings. The Morgan fingerprint density at radius 1 is 1.53 bits per heavy atom. The van der Waals surface area contributed by atoms with Crippen molar-refractivity contribution in [2.75, 3.05) is 0 Å². The van der Waals surface area contributed by atoms with Gasteiger partial charge in [-0.15, -0.1) is 0 Å². The number of fused-ring (bicyclic) bond motifs is 1. The first-order valence-corrected chi connectivity index (χ1v) is 6.04. The summed E-state index contributed by atoms with van der Waals surface area (Å²) < 4.78 is 5.78. The van der Waals surface area contributed by atoms with Gasteiger partial charge in [0.05, 0.1) is 5.92 Å².